The number of rotatable bonds is 4. The van der Waals surface area contributed by atoms with Gasteiger partial charge in [0.1, 0.15) is 12.4 Å². The van der Waals surface area contributed by atoms with Crippen molar-refractivity contribution in [2.24, 2.45) is 0 Å². The molecule has 3 aromatic rings. The average Bonchev–Trinajstić information content (AvgIpc) is 2.85. The van der Waals surface area contributed by atoms with Gasteiger partial charge in [-0.05, 0) is 29.8 Å². The van der Waals surface area contributed by atoms with Crippen LogP contribution in [0.1, 0.15) is 0 Å². The summed E-state index contributed by atoms with van der Waals surface area (Å²) in [4.78, 5) is 43.7. The van der Waals surface area contributed by atoms with E-state index in [4.69, 9.17) is 27.9 Å². The SMILES string of the molecule is O=C(CN1C(=O)COc2cc(-c3cc(Cl)cc(Cl)c3)cnc21)N1CCN(c2cnccn2)CC1. The van der Waals surface area contributed by atoms with Crippen LogP contribution in [0.15, 0.2) is 49.1 Å². The molecule has 0 atom stereocenters. The van der Waals surface area contributed by atoms with Gasteiger partial charge in [0, 0.05) is 60.4 Å². The molecule has 5 rings (SSSR count). The number of hydrogen-bond acceptors (Lipinski definition) is 7. The van der Waals surface area contributed by atoms with E-state index >= 15 is 0 Å². The van der Waals surface area contributed by atoms with E-state index in [9.17, 15) is 9.59 Å². The Balaban J connectivity index is 1.29. The number of hydrogen-bond donors (Lipinski definition) is 0. The molecule has 9 nitrogen and oxygen atoms in total. The summed E-state index contributed by atoms with van der Waals surface area (Å²) in [6.45, 7) is 2.08. The monoisotopic (exact) mass is 498 g/mol. The quantitative estimate of drug-likeness (QED) is 0.545. The van der Waals surface area contributed by atoms with Crippen molar-refractivity contribution in [2.45, 2.75) is 0 Å². The summed E-state index contributed by atoms with van der Waals surface area (Å²) in [5.74, 6) is 1.07. The first-order chi connectivity index (χ1) is 16.5. The van der Waals surface area contributed by atoms with Crippen molar-refractivity contribution in [3.05, 3.63) is 59.1 Å². The van der Waals surface area contributed by atoms with Gasteiger partial charge in [0.25, 0.3) is 5.91 Å². The highest BCUT2D eigenvalue weighted by Gasteiger charge is 2.31. The molecule has 34 heavy (non-hydrogen) atoms. The molecule has 0 bridgehead atoms. The second-order valence-electron chi connectivity index (χ2n) is 7.90. The van der Waals surface area contributed by atoms with Crippen LogP contribution in [-0.2, 0) is 9.59 Å². The number of pyridine rings is 1. The van der Waals surface area contributed by atoms with Gasteiger partial charge in [0.05, 0.1) is 6.20 Å². The normalized spacial score (nSPS) is 15.7. The molecule has 0 N–H and O–H groups in total. The Labute approximate surface area is 205 Å². The highest BCUT2D eigenvalue weighted by atomic mass is 35.5. The minimum absolute atomic E-state index is 0.102. The summed E-state index contributed by atoms with van der Waals surface area (Å²) in [7, 11) is 0. The lowest BCUT2D eigenvalue weighted by atomic mass is 10.1. The van der Waals surface area contributed by atoms with Crippen molar-refractivity contribution >= 4 is 46.7 Å². The van der Waals surface area contributed by atoms with Gasteiger partial charge in [-0.2, -0.15) is 0 Å². The minimum atomic E-state index is -0.315. The van der Waals surface area contributed by atoms with Crippen LogP contribution >= 0.6 is 23.2 Å². The molecular formula is C23H20Cl2N6O3. The minimum Gasteiger partial charge on any atom is -0.480 e. The summed E-state index contributed by atoms with van der Waals surface area (Å²) in [5, 5.41) is 1.01. The Hall–Kier alpha value is -3.43. The van der Waals surface area contributed by atoms with Gasteiger partial charge in [-0.15, -0.1) is 0 Å². The second-order valence-corrected chi connectivity index (χ2v) is 8.78. The van der Waals surface area contributed by atoms with Gasteiger partial charge in [-0.25, -0.2) is 9.97 Å². The standard InChI is InChI=1S/C23H20Cl2N6O3/c24-17-7-15(8-18(25)10-17)16-9-19-23(28-11-16)31(22(33)14-34-19)13-21(32)30-5-3-29(4-6-30)20-12-26-1-2-27-20/h1-2,7-12H,3-6,13-14H2. The van der Waals surface area contributed by atoms with E-state index in [0.717, 1.165) is 16.9 Å². The molecule has 2 amide bonds. The number of benzene rings is 1. The van der Waals surface area contributed by atoms with Crippen molar-refractivity contribution in [3.8, 4) is 16.9 Å². The number of piperazine rings is 1. The summed E-state index contributed by atoms with van der Waals surface area (Å²) in [6.07, 6.45) is 6.59. The number of anilines is 2. The van der Waals surface area contributed by atoms with Gasteiger partial charge in [-0.1, -0.05) is 23.2 Å². The molecule has 0 aliphatic carbocycles. The third-order valence-electron chi connectivity index (χ3n) is 5.74. The molecule has 1 saturated heterocycles. The van der Waals surface area contributed by atoms with E-state index in [2.05, 4.69) is 19.9 Å². The van der Waals surface area contributed by atoms with E-state index in [0.29, 0.717) is 47.8 Å². The summed E-state index contributed by atoms with van der Waals surface area (Å²) in [5.41, 5.74) is 1.51. The highest BCUT2D eigenvalue weighted by Crippen LogP contribution is 2.35. The summed E-state index contributed by atoms with van der Waals surface area (Å²) in [6, 6.07) is 6.96. The third-order valence-corrected chi connectivity index (χ3v) is 6.17. The molecule has 0 radical (unpaired) electrons. The lowest BCUT2D eigenvalue weighted by molar-refractivity contribution is -0.132. The molecule has 11 heteroatoms. The van der Waals surface area contributed by atoms with Crippen LogP contribution in [0.5, 0.6) is 5.75 Å². The molecule has 2 aliphatic rings. The van der Waals surface area contributed by atoms with E-state index < -0.39 is 0 Å². The van der Waals surface area contributed by atoms with Crippen LogP contribution < -0.4 is 14.5 Å². The molecule has 1 fully saturated rings. The Bertz CT molecular complexity index is 1210. The molecule has 0 saturated carbocycles. The fourth-order valence-electron chi connectivity index (χ4n) is 4.00. The number of amides is 2. The van der Waals surface area contributed by atoms with Crippen molar-refractivity contribution in [2.75, 3.05) is 49.1 Å². The summed E-state index contributed by atoms with van der Waals surface area (Å²) < 4.78 is 5.61. The topological polar surface area (TPSA) is 91.8 Å². The number of carbonyl (C=O) groups excluding carboxylic acids is 2. The Morgan fingerprint density at radius 1 is 0.941 bits per heavy atom. The Kier molecular flexibility index (Phi) is 6.21. The average molecular weight is 499 g/mol. The maximum absolute atomic E-state index is 13.0. The third kappa shape index (κ3) is 4.62. The number of carbonyl (C=O) groups is 2. The first-order valence-corrected chi connectivity index (χ1v) is 11.4. The number of nitrogens with zero attached hydrogens (tertiary/aromatic N) is 6. The number of fused-ring (bicyclic) bond motifs is 1. The molecule has 0 unspecified atom stereocenters. The molecule has 2 aromatic heterocycles. The second kappa shape index (κ2) is 9.44. The van der Waals surface area contributed by atoms with Crippen LogP contribution in [0.2, 0.25) is 10.0 Å². The van der Waals surface area contributed by atoms with Crippen LogP contribution in [0.25, 0.3) is 11.1 Å². The van der Waals surface area contributed by atoms with E-state index in [1.165, 1.54) is 4.90 Å². The predicted molar refractivity (Wildman–Crippen MR) is 128 cm³/mol. The lowest BCUT2D eigenvalue weighted by Gasteiger charge is -2.36. The smallest absolute Gasteiger partial charge is 0.266 e. The Morgan fingerprint density at radius 2 is 1.71 bits per heavy atom. The van der Waals surface area contributed by atoms with Gasteiger partial charge in [0.15, 0.2) is 18.2 Å². The largest absolute Gasteiger partial charge is 0.480 e. The fraction of sp³-hybridized carbons (Fsp3) is 0.261. The van der Waals surface area contributed by atoms with Crippen molar-refractivity contribution < 1.29 is 14.3 Å². The van der Waals surface area contributed by atoms with E-state index in [1.54, 1.807) is 54.0 Å². The zero-order valence-electron chi connectivity index (χ0n) is 18.0. The molecule has 1 aromatic carbocycles. The van der Waals surface area contributed by atoms with Crippen molar-refractivity contribution in [1.82, 2.24) is 19.9 Å². The van der Waals surface area contributed by atoms with Crippen molar-refractivity contribution in [1.29, 1.82) is 0 Å². The maximum Gasteiger partial charge on any atom is 0.266 e. The highest BCUT2D eigenvalue weighted by molar-refractivity contribution is 6.35. The number of ether oxygens (including phenoxy) is 1. The van der Waals surface area contributed by atoms with Gasteiger partial charge < -0.3 is 14.5 Å². The van der Waals surface area contributed by atoms with Crippen LogP contribution in [0, 0.1) is 0 Å². The van der Waals surface area contributed by atoms with Crippen LogP contribution in [0.3, 0.4) is 0 Å². The molecular weight excluding hydrogens is 479 g/mol. The predicted octanol–water partition coefficient (Wildman–Crippen LogP) is 2.92. The number of halogens is 2. The van der Waals surface area contributed by atoms with Crippen molar-refractivity contribution in [3.63, 3.8) is 0 Å². The zero-order chi connectivity index (χ0) is 23.7. The van der Waals surface area contributed by atoms with E-state index in [1.807, 2.05) is 0 Å². The Morgan fingerprint density at radius 3 is 2.41 bits per heavy atom. The zero-order valence-corrected chi connectivity index (χ0v) is 19.5. The lowest BCUT2D eigenvalue weighted by Crippen LogP contribution is -2.53. The molecule has 2 aliphatic heterocycles. The van der Waals surface area contributed by atoms with Gasteiger partial charge in [-0.3, -0.25) is 19.5 Å². The molecule has 0 spiro atoms. The van der Waals surface area contributed by atoms with Crippen LogP contribution in [-0.4, -0.2) is 71.0 Å². The maximum atomic E-state index is 13.0. The molecule has 174 valence electrons. The summed E-state index contributed by atoms with van der Waals surface area (Å²) >= 11 is 12.2. The first-order valence-electron chi connectivity index (χ1n) is 10.7. The number of aromatic nitrogens is 3. The van der Waals surface area contributed by atoms with Gasteiger partial charge >= 0.3 is 0 Å². The molecule has 4 heterocycles. The fourth-order valence-corrected chi connectivity index (χ4v) is 4.52. The van der Waals surface area contributed by atoms with E-state index in [-0.39, 0.29) is 25.0 Å². The first kappa shape index (κ1) is 22.4. The van der Waals surface area contributed by atoms with Gasteiger partial charge in [0.2, 0.25) is 5.91 Å². The van der Waals surface area contributed by atoms with Crippen LogP contribution in [0.4, 0.5) is 11.6 Å².